The van der Waals surface area contributed by atoms with Crippen molar-refractivity contribution >= 4 is 35.2 Å². The molecule has 4 fully saturated rings. The lowest BCUT2D eigenvalue weighted by Gasteiger charge is -2.38. The second kappa shape index (κ2) is 10.4. The van der Waals surface area contributed by atoms with Crippen LogP contribution in [0.1, 0.15) is 63.2 Å². The van der Waals surface area contributed by atoms with Crippen LogP contribution in [0.3, 0.4) is 0 Å². The third-order valence-electron chi connectivity index (χ3n) is 8.85. The van der Waals surface area contributed by atoms with Crippen molar-refractivity contribution in [3.63, 3.8) is 0 Å². The number of aliphatic hydroxyl groups excluding tert-OH is 1. The summed E-state index contributed by atoms with van der Waals surface area (Å²) in [7, 11) is 0. The Morgan fingerprint density at radius 3 is 2.29 bits per heavy atom. The first-order valence-electron chi connectivity index (χ1n) is 13.6. The fourth-order valence-corrected chi connectivity index (χ4v) is 10.2. The Labute approximate surface area is 236 Å². The number of hydrogen-bond donors (Lipinski definition) is 1. The van der Waals surface area contributed by atoms with Gasteiger partial charge in [0.15, 0.2) is 11.5 Å². The number of aryl methyl sites for hydroxylation is 1. The number of thiophene rings is 1. The molecule has 38 heavy (non-hydrogen) atoms. The van der Waals surface area contributed by atoms with Crippen molar-refractivity contribution in [2.75, 3.05) is 19.7 Å². The van der Waals surface area contributed by atoms with Gasteiger partial charge in [-0.15, -0.1) is 20.1 Å². The average molecular weight is 583 g/mol. The maximum atomic E-state index is 13.2. The van der Waals surface area contributed by atoms with Gasteiger partial charge in [-0.2, -0.15) is 0 Å². The summed E-state index contributed by atoms with van der Waals surface area (Å²) in [5.74, 6) is 0.282. The Morgan fingerprint density at radius 1 is 0.974 bits per heavy atom. The summed E-state index contributed by atoms with van der Waals surface area (Å²) >= 11 is 5.21. The van der Waals surface area contributed by atoms with Crippen LogP contribution in [-0.2, 0) is 0 Å². The van der Waals surface area contributed by atoms with Gasteiger partial charge >= 0.3 is 6.29 Å². The van der Waals surface area contributed by atoms with E-state index in [1.54, 1.807) is 6.07 Å². The zero-order valence-corrected chi connectivity index (χ0v) is 24.4. The van der Waals surface area contributed by atoms with E-state index in [0.29, 0.717) is 34.4 Å². The zero-order valence-electron chi connectivity index (χ0n) is 22.0. The lowest BCUT2D eigenvalue weighted by Crippen LogP contribution is -2.31. The number of hydrogen-bond acceptors (Lipinski definition) is 8. The Morgan fingerprint density at radius 2 is 1.68 bits per heavy atom. The van der Waals surface area contributed by atoms with E-state index in [0.717, 1.165) is 6.54 Å². The summed E-state index contributed by atoms with van der Waals surface area (Å²) in [6, 6.07) is 10.2. The van der Waals surface area contributed by atoms with Crippen LogP contribution in [0.25, 0.3) is 0 Å². The molecule has 1 aromatic heterocycles. The number of aliphatic hydroxyl groups is 1. The van der Waals surface area contributed by atoms with Crippen molar-refractivity contribution in [2.45, 2.75) is 92.7 Å². The fourth-order valence-electron chi connectivity index (χ4n) is 6.59. The molecule has 5 aliphatic rings. The van der Waals surface area contributed by atoms with Crippen LogP contribution in [-0.4, -0.2) is 51.8 Å². The summed E-state index contributed by atoms with van der Waals surface area (Å²) < 4.78 is 41.7. The van der Waals surface area contributed by atoms with Gasteiger partial charge in [0.2, 0.25) is 0 Å². The summed E-state index contributed by atoms with van der Waals surface area (Å²) in [6.07, 6.45) is 6.85. The second-order valence-corrected chi connectivity index (χ2v) is 15.5. The quantitative estimate of drug-likeness (QED) is 0.365. The molecular formula is C28H36F2N2O3S3. The number of alkyl halides is 2. The lowest BCUT2D eigenvalue weighted by molar-refractivity contribution is -0.287. The lowest BCUT2D eigenvalue weighted by atomic mass is 9.68. The number of para-hydroxylation sites is 1. The van der Waals surface area contributed by atoms with E-state index in [2.05, 4.69) is 44.1 Å². The van der Waals surface area contributed by atoms with Crippen LogP contribution in [0.5, 0.6) is 11.5 Å². The minimum atomic E-state index is -3.55. The predicted octanol–water partition coefficient (Wildman–Crippen LogP) is 7.58. The van der Waals surface area contributed by atoms with Gasteiger partial charge in [0, 0.05) is 30.1 Å². The van der Waals surface area contributed by atoms with Crippen molar-refractivity contribution < 1.29 is 23.4 Å². The molecule has 2 spiro atoms. The maximum Gasteiger partial charge on any atom is 0.586 e. The number of rotatable bonds is 5. The minimum absolute atomic E-state index is 0.121. The number of nitrogens with zero attached hydrogens (tertiary/aromatic N) is 2. The number of benzene rings is 1. The molecule has 0 radical (unpaired) electrons. The highest BCUT2D eigenvalue weighted by molar-refractivity contribution is 7.99. The molecule has 7 rings (SSSR count). The molecule has 2 atom stereocenters. The molecule has 2 aromatic rings. The highest BCUT2D eigenvalue weighted by Crippen LogP contribution is 2.55. The molecule has 1 aromatic carbocycles. The molecule has 2 aliphatic carbocycles. The van der Waals surface area contributed by atoms with E-state index in [4.69, 9.17) is 0 Å². The Bertz CT molecular complexity index is 1150. The van der Waals surface area contributed by atoms with Gasteiger partial charge in [0.1, 0.15) is 0 Å². The standard InChI is InChI=1S/C15H17F2NO2S.C13H19NOS2/c1-10-8-14(6-3-7-14)9-18(10)21-12-5-2-4-11-13(12)20-15(16,17)19-11;1-10-3-4-12(16-10)17-14-9-13(5-2-6-13)7-11(14)8-15/h2,4-5,10H,3,6-9H2,1H3;3-4,11,15H,2,5-9H2,1H3. The molecular weight excluding hydrogens is 547 g/mol. The Balaban J connectivity index is 0.000000142. The van der Waals surface area contributed by atoms with E-state index >= 15 is 0 Å². The molecule has 208 valence electrons. The molecule has 2 unspecified atom stereocenters. The van der Waals surface area contributed by atoms with Crippen molar-refractivity contribution in [1.82, 2.24) is 8.61 Å². The topological polar surface area (TPSA) is 45.2 Å². The summed E-state index contributed by atoms with van der Waals surface area (Å²) in [5.41, 5.74) is 1.01. The molecule has 2 saturated heterocycles. The SMILES string of the molecule is CC1CC2(CCC2)CN1Sc1cccc2c1OC(F)(F)O2.Cc1ccc(SN2CC3(CCC3)CC2CO)s1. The Kier molecular flexibility index (Phi) is 7.44. The maximum absolute atomic E-state index is 13.2. The molecule has 3 aliphatic heterocycles. The second-order valence-electron chi connectivity index (χ2n) is 11.7. The molecule has 4 heterocycles. The van der Waals surface area contributed by atoms with Crippen LogP contribution in [0.2, 0.25) is 0 Å². The van der Waals surface area contributed by atoms with Crippen molar-refractivity contribution in [2.24, 2.45) is 10.8 Å². The van der Waals surface area contributed by atoms with Gasteiger partial charge < -0.3 is 14.6 Å². The highest BCUT2D eigenvalue weighted by Gasteiger charge is 2.49. The van der Waals surface area contributed by atoms with E-state index < -0.39 is 6.29 Å². The van der Waals surface area contributed by atoms with Crippen molar-refractivity contribution in [3.8, 4) is 11.5 Å². The summed E-state index contributed by atoms with van der Waals surface area (Å²) in [6.45, 7) is 6.85. The average Bonchev–Trinajstić information content (AvgIpc) is 3.57. The number of fused-ring (bicyclic) bond motifs is 1. The van der Waals surface area contributed by atoms with Crippen LogP contribution in [0.15, 0.2) is 39.4 Å². The first-order chi connectivity index (χ1) is 18.2. The van der Waals surface area contributed by atoms with Gasteiger partial charge in [-0.25, -0.2) is 8.61 Å². The van der Waals surface area contributed by atoms with E-state index in [9.17, 15) is 13.9 Å². The van der Waals surface area contributed by atoms with E-state index in [1.807, 2.05) is 29.4 Å². The molecule has 0 amide bonds. The fraction of sp³-hybridized carbons (Fsp3) is 0.643. The molecule has 1 N–H and O–H groups in total. The third kappa shape index (κ3) is 5.46. The van der Waals surface area contributed by atoms with Gasteiger partial charge in [-0.3, -0.25) is 0 Å². The van der Waals surface area contributed by atoms with Crippen LogP contribution < -0.4 is 9.47 Å². The van der Waals surface area contributed by atoms with Crippen molar-refractivity contribution in [3.05, 3.63) is 35.2 Å². The highest BCUT2D eigenvalue weighted by atomic mass is 32.2. The predicted molar refractivity (Wildman–Crippen MR) is 149 cm³/mol. The van der Waals surface area contributed by atoms with E-state index in [1.165, 1.54) is 85.0 Å². The Hall–Kier alpha value is -1.04. The van der Waals surface area contributed by atoms with Crippen molar-refractivity contribution in [1.29, 1.82) is 0 Å². The number of halogens is 2. The van der Waals surface area contributed by atoms with Crippen LogP contribution in [0.4, 0.5) is 8.78 Å². The summed E-state index contributed by atoms with van der Waals surface area (Å²) in [4.78, 5) is 2.07. The first-order valence-corrected chi connectivity index (χ1v) is 16.0. The zero-order chi connectivity index (χ0) is 26.5. The number of ether oxygens (including phenoxy) is 2. The van der Waals surface area contributed by atoms with Gasteiger partial charge in [0.25, 0.3) is 0 Å². The smallest absolute Gasteiger partial charge is 0.395 e. The summed E-state index contributed by atoms with van der Waals surface area (Å²) in [5, 5.41) is 9.52. The van der Waals surface area contributed by atoms with E-state index in [-0.39, 0.29) is 11.5 Å². The molecule has 10 heteroatoms. The minimum Gasteiger partial charge on any atom is -0.395 e. The van der Waals surface area contributed by atoms with Gasteiger partial charge in [-0.05, 0) is 111 Å². The van der Waals surface area contributed by atoms with Crippen LogP contribution >= 0.6 is 35.2 Å². The molecule has 5 nitrogen and oxygen atoms in total. The molecule has 0 bridgehead atoms. The van der Waals surface area contributed by atoms with Gasteiger partial charge in [0.05, 0.1) is 15.7 Å². The molecule has 2 saturated carbocycles. The largest absolute Gasteiger partial charge is 0.586 e. The monoisotopic (exact) mass is 582 g/mol. The normalized spacial score (nSPS) is 28.2. The first kappa shape index (κ1) is 27.1. The van der Waals surface area contributed by atoms with Crippen LogP contribution in [0, 0.1) is 17.8 Å². The third-order valence-corrected chi connectivity index (χ3v) is 12.3. The van der Waals surface area contributed by atoms with Gasteiger partial charge in [-0.1, -0.05) is 18.9 Å².